The van der Waals surface area contributed by atoms with Crippen LogP contribution in [0.25, 0.3) is 16.5 Å². The number of fused-ring (bicyclic) bond motifs is 2. The molecule has 0 saturated carbocycles. The second kappa shape index (κ2) is 6.89. The maximum Gasteiger partial charge on any atom is 0.402 e. The van der Waals surface area contributed by atoms with Crippen molar-refractivity contribution in [2.75, 3.05) is 20.2 Å². The van der Waals surface area contributed by atoms with Gasteiger partial charge in [-0.2, -0.15) is 13.2 Å². The zero-order valence-electron chi connectivity index (χ0n) is 15.0. The van der Waals surface area contributed by atoms with Crippen LogP contribution in [0.1, 0.15) is 11.1 Å². The van der Waals surface area contributed by atoms with Crippen molar-refractivity contribution in [1.29, 1.82) is 0 Å². The van der Waals surface area contributed by atoms with E-state index >= 15 is 0 Å². The maximum absolute atomic E-state index is 12.9. The average Bonchev–Trinajstić information content (AvgIpc) is 2.92. The molecule has 2 aromatic rings. The van der Waals surface area contributed by atoms with Crippen molar-refractivity contribution < 1.29 is 23.1 Å². The third-order valence-electron chi connectivity index (χ3n) is 5.56. The summed E-state index contributed by atoms with van der Waals surface area (Å²) in [6, 6.07) is 5.42. The molecule has 28 heavy (non-hydrogen) atoms. The van der Waals surface area contributed by atoms with Gasteiger partial charge in [-0.3, -0.25) is 9.69 Å². The highest BCUT2D eigenvalue weighted by Gasteiger charge is 2.45. The van der Waals surface area contributed by atoms with Crippen molar-refractivity contribution in [3.8, 4) is 0 Å². The molecule has 2 heterocycles. The normalized spacial score (nSPS) is 23.3. The number of likely N-dealkylation sites (N-methyl/N-ethyl adjacent to an activating group) is 1. The number of aliphatic hydroxyl groups is 1. The number of benzene rings is 1. The first-order valence-corrected chi connectivity index (χ1v) is 9.69. The molecular weight excluding hydrogens is 439 g/mol. The van der Waals surface area contributed by atoms with E-state index < -0.39 is 30.7 Å². The molecule has 1 aliphatic heterocycles. The van der Waals surface area contributed by atoms with Crippen LogP contribution in [0.5, 0.6) is 0 Å². The lowest BCUT2D eigenvalue weighted by Crippen LogP contribution is -2.53. The summed E-state index contributed by atoms with van der Waals surface area (Å²) in [6.45, 7) is -0.875. The topological polar surface area (TPSA) is 68.4 Å². The van der Waals surface area contributed by atoms with Crippen LogP contribution in [0.4, 0.5) is 13.2 Å². The number of aliphatic hydroxyl groups excluding tert-OH is 1. The van der Waals surface area contributed by atoms with Gasteiger partial charge in [-0.15, -0.1) is 0 Å². The summed E-state index contributed by atoms with van der Waals surface area (Å²) >= 11 is 3.58. The van der Waals surface area contributed by atoms with E-state index in [4.69, 9.17) is 5.11 Å². The van der Waals surface area contributed by atoms with E-state index in [1.54, 1.807) is 0 Å². The minimum absolute atomic E-state index is 0.0783. The van der Waals surface area contributed by atoms with Crippen LogP contribution in [0, 0.1) is 5.92 Å². The Labute approximate surface area is 167 Å². The number of aromatic nitrogens is 1. The van der Waals surface area contributed by atoms with Crippen LogP contribution in [-0.2, 0) is 11.2 Å². The first kappa shape index (κ1) is 19.5. The summed E-state index contributed by atoms with van der Waals surface area (Å²) in [6.07, 6.45) is -2.16. The summed E-state index contributed by atoms with van der Waals surface area (Å²) < 4.78 is 39.7. The van der Waals surface area contributed by atoms with E-state index in [9.17, 15) is 18.0 Å². The van der Waals surface area contributed by atoms with Crippen molar-refractivity contribution in [2.24, 2.45) is 5.92 Å². The van der Waals surface area contributed by atoms with Gasteiger partial charge in [0.1, 0.15) is 0 Å². The molecule has 3 N–H and O–H groups in total. The first-order valence-electron chi connectivity index (χ1n) is 8.90. The number of nitrogens with zero attached hydrogens (tertiary/aromatic N) is 1. The highest BCUT2D eigenvalue weighted by molar-refractivity contribution is 9.10. The summed E-state index contributed by atoms with van der Waals surface area (Å²) in [7, 11) is 1.90. The van der Waals surface area contributed by atoms with Crippen LogP contribution in [0.2, 0.25) is 0 Å². The highest BCUT2D eigenvalue weighted by atomic mass is 79.9. The molecule has 0 fully saturated rings. The predicted molar refractivity (Wildman–Crippen MR) is 103 cm³/mol. The van der Waals surface area contributed by atoms with Crippen molar-refractivity contribution in [3.05, 3.63) is 40.0 Å². The van der Waals surface area contributed by atoms with Crippen LogP contribution < -0.4 is 5.32 Å². The average molecular weight is 458 g/mol. The van der Waals surface area contributed by atoms with Gasteiger partial charge >= 0.3 is 6.18 Å². The molecule has 3 atom stereocenters. The molecule has 1 aliphatic carbocycles. The van der Waals surface area contributed by atoms with Crippen molar-refractivity contribution in [2.45, 2.75) is 24.7 Å². The van der Waals surface area contributed by atoms with Gasteiger partial charge in [0.05, 0.1) is 17.3 Å². The molecule has 0 saturated heterocycles. The van der Waals surface area contributed by atoms with Crippen LogP contribution in [0.15, 0.2) is 28.9 Å². The zero-order valence-corrected chi connectivity index (χ0v) is 16.6. The van der Waals surface area contributed by atoms with Crippen LogP contribution >= 0.6 is 15.9 Å². The summed E-state index contributed by atoms with van der Waals surface area (Å²) in [4.78, 5) is 17.5. The Hall–Kier alpha value is -1.84. The number of carbonyl (C=O) groups excluding carboxylic acids is 1. The van der Waals surface area contributed by atoms with E-state index in [1.165, 1.54) is 5.56 Å². The molecule has 0 spiro atoms. The Morgan fingerprint density at radius 3 is 2.89 bits per heavy atom. The second-order valence-electron chi connectivity index (χ2n) is 7.32. The number of aromatic amines is 1. The molecule has 5 nitrogen and oxygen atoms in total. The molecule has 9 heteroatoms. The maximum atomic E-state index is 12.9. The lowest BCUT2D eigenvalue weighted by atomic mass is 9.81. The Bertz CT molecular complexity index is 969. The van der Waals surface area contributed by atoms with Gasteiger partial charge in [-0.1, -0.05) is 18.2 Å². The molecule has 2 unspecified atom stereocenters. The molecule has 150 valence electrons. The van der Waals surface area contributed by atoms with Gasteiger partial charge < -0.3 is 15.4 Å². The number of hydrogen-bond acceptors (Lipinski definition) is 3. The van der Waals surface area contributed by atoms with Crippen molar-refractivity contribution in [1.82, 2.24) is 15.2 Å². The van der Waals surface area contributed by atoms with Crippen LogP contribution in [0.3, 0.4) is 0 Å². The fraction of sp³-hybridized carbons (Fsp3) is 0.421. The third kappa shape index (κ3) is 3.15. The monoisotopic (exact) mass is 457 g/mol. The number of hydrogen-bond donors (Lipinski definition) is 3. The van der Waals surface area contributed by atoms with Gasteiger partial charge in [0.25, 0.3) is 0 Å². The van der Waals surface area contributed by atoms with Gasteiger partial charge in [0.2, 0.25) is 5.91 Å². The molecule has 0 bridgehead atoms. The van der Waals surface area contributed by atoms with E-state index in [2.05, 4.69) is 26.2 Å². The van der Waals surface area contributed by atoms with E-state index in [1.807, 2.05) is 36.2 Å². The SMILES string of the molecule is CN1CC(NC(=O)C(CO)C(F)(F)F)C=C2c3cccc4[nH]c(Br)c(c34)C[C@H]21. The fourth-order valence-electron chi connectivity index (χ4n) is 4.21. The van der Waals surface area contributed by atoms with E-state index in [-0.39, 0.29) is 6.04 Å². The fourth-order valence-corrected chi connectivity index (χ4v) is 4.78. The Kier molecular flexibility index (Phi) is 4.79. The molecule has 1 amide bonds. The molecule has 2 aliphatic rings. The van der Waals surface area contributed by atoms with Gasteiger partial charge in [0.15, 0.2) is 5.92 Å². The lowest BCUT2D eigenvalue weighted by molar-refractivity contribution is -0.189. The number of carbonyl (C=O) groups is 1. The predicted octanol–water partition coefficient (Wildman–Crippen LogP) is 2.84. The summed E-state index contributed by atoms with van der Waals surface area (Å²) in [5.41, 5.74) is 4.19. The third-order valence-corrected chi connectivity index (χ3v) is 6.24. The Balaban J connectivity index is 1.69. The first-order chi connectivity index (χ1) is 13.2. The van der Waals surface area contributed by atoms with Gasteiger partial charge in [-0.25, -0.2) is 0 Å². The summed E-state index contributed by atoms with van der Waals surface area (Å²) in [5, 5.41) is 12.5. The van der Waals surface area contributed by atoms with Gasteiger partial charge in [-0.05, 0) is 52.2 Å². The van der Waals surface area contributed by atoms with E-state index in [0.717, 1.165) is 33.1 Å². The largest absolute Gasteiger partial charge is 0.402 e. The highest BCUT2D eigenvalue weighted by Crippen LogP contribution is 2.42. The molecule has 1 aromatic carbocycles. The van der Waals surface area contributed by atoms with Gasteiger partial charge in [0, 0.05) is 23.5 Å². The molecule has 0 radical (unpaired) electrons. The Morgan fingerprint density at radius 2 is 2.21 bits per heavy atom. The molecule has 4 rings (SSSR count). The lowest BCUT2D eigenvalue weighted by Gasteiger charge is -2.40. The number of nitrogens with one attached hydrogen (secondary N) is 2. The number of halogens is 4. The zero-order chi connectivity index (χ0) is 20.2. The number of H-pyrrole nitrogens is 1. The van der Waals surface area contributed by atoms with Crippen molar-refractivity contribution in [3.63, 3.8) is 0 Å². The minimum Gasteiger partial charge on any atom is -0.395 e. The number of rotatable bonds is 3. The Morgan fingerprint density at radius 1 is 1.46 bits per heavy atom. The van der Waals surface area contributed by atoms with E-state index in [0.29, 0.717) is 6.54 Å². The smallest absolute Gasteiger partial charge is 0.395 e. The van der Waals surface area contributed by atoms with Crippen molar-refractivity contribution >= 4 is 38.3 Å². The number of alkyl halides is 3. The minimum atomic E-state index is -4.78. The second-order valence-corrected chi connectivity index (χ2v) is 8.11. The molecule has 1 aromatic heterocycles. The van der Waals surface area contributed by atoms with Crippen LogP contribution in [-0.4, -0.2) is 59.4 Å². The number of amides is 1. The standard InChI is InChI=1S/C19H19BrF3N3O2/c1-26-7-9(24-18(28)13(8-27)19(21,22)23)5-11-10-3-2-4-14-16(10)12(6-15(11)26)17(20)25-14/h2-5,9,13,15,25,27H,6-8H2,1H3,(H,24,28)/t9?,13?,15-/m1/s1. The molecular formula is C19H19BrF3N3O2. The summed E-state index contributed by atoms with van der Waals surface area (Å²) in [5.74, 6) is -3.63. The quantitative estimate of drug-likeness (QED) is 0.663.